The molecule has 0 bridgehead atoms. The van der Waals surface area contributed by atoms with Crippen LogP contribution in [0.15, 0.2) is 18.3 Å². The van der Waals surface area contributed by atoms with Gasteiger partial charge in [-0.3, -0.25) is 0 Å². The van der Waals surface area contributed by atoms with Crippen LogP contribution in [0.2, 0.25) is 0 Å². The lowest BCUT2D eigenvalue weighted by Crippen LogP contribution is -2.16. The Labute approximate surface area is 112 Å². The van der Waals surface area contributed by atoms with Crippen LogP contribution < -0.4 is 5.32 Å². The van der Waals surface area contributed by atoms with Gasteiger partial charge < -0.3 is 5.32 Å². The van der Waals surface area contributed by atoms with Crippen LogP contribution in [-0.4, -0.2) is 21.3 Å². The summed E-state index contributed by atoms with van der Waals surface area (Å²) in [5.41, 5.74) is 2.35. The van der Waals surface area contributed by atoms with Crippen molar-refractivity contribution in [1.29, 1.82) is 0 Å². The van der Waals surface area contributed by atoms with Crippen molar-refractivity contribution in [3.05, 3.63) is 41.1 Å². The third-order valence-electron chi connectivity index (χ3n) is 2.90. The average molecular weight is 262 g/mol. The van der Waals surface area contributed by atoms with Crippen LogP contribution in [0.5, 0.6) is 0 Å². The zero-order valence-electron chi connectivity index (χ0n) is 11.6. The molecule has 0 fully saturated rings. The first-order chi connectivity index (χ1) is 9.13. The molecule has 0 saturated carbocycles. The van der Waals surface area contributed by atoms with Crippen LogP contribution in [0.1, 0.15) is 30.3 Å². The molecule has 2 rings (SSSR count). The van der Waals surface area contributed by atoms with Crippen molar-refractivity contribution in [3.8, 4) is 5.82 Å². The molecule has 2 aromatic rings. The SMILES string of the molecule is CCCNCc1ccnc(-n2nc(C)cc2C)c1F. The van der Waals surface area contributed by atoms with E-state index in [1.165, 1.54) is 0 Å². The van der Waals surface area contributed by atoms with E-state index in [2.05, 4.69) is 22.3 Å². The highest BCUT2D eigenvalue weighted by molar-refractivity contribution is 5.32. The molecular formula is C14H19FN4. The summed E-state index contributed by atoms with van der Waals surface area (Å²) in [4.78, 5) is 4.11. The van der Waals surface area contributed by atoms with Gasteiger partial charge in [0.25, 0.3) is 0 Å². The molecule has 0 aliphatic rings. The third-order valence-corrected chi connectivity index (χ3v) is 2.90. The maximum absolute atomic E-state index is 14.4. The van der Waals surface area contributed by atoms with Gasteiger partial charge in [0, 0.05) is 24.0 Å². The van der Waals surface area contributed by atoms with E-state index in [1.54, 1.807) is 16.9 Å². The molecule has 0 amide bonds. The normalized spacial score (nSPS) is 10.9. The van der Waals surface area contributed by atoms with Crippen molar-refractivity contribution < 1.29 is 4.39 Å². The lowest BCUT2D eigenvalue weighted by molar-refractivity contribution is 0.564. The van der Waals surface area contributed by atoms with Crippen molar-refractivity contribution in [2.75, 3.05) is 6.54 Å². The van der Waals surface area contributed by atoms with E-state index in [4.69, 9.17) is 0 Å². The van der Waals surface area contributed by atoms with Gasteiger partial charge in [-0.1, -0.05) is 6.92 Å². The summed E-state index contributed by atoms with van der Waals surface area (Å²) < 4.78 is 16.0. The molecule has 2 aromatic heterocycles. The van der Waals surface area contributed by atoms with Gasteiger partial charge in [0.05, 0.1) is 5.69 Å². The molecule has 0 aliphatic carbocycles. The van der Waals surface area contributed by atoms with Gasteiger partial charge in [0.15, 0.2) is 11.6 Å². The zero-order chi connectivity index (χ0) is 13.8. The summed E-state index contributed by atoms with van der Waals surface area (Å²) in [6, 6.07) is 3.61. The summed E-state index contributed by atoms with van der Waals surface area (Å²) in [5.74, 6) is -0.0429. The van der Waals surface area contributed by atoms with Crippen LogP contribution in [0.3, 0.4) is 0 Å². The first kappa shape index (κ1) is 13.7. The molecule has 0 unspecified atom stereocenters. The van der Waals surface area contributed by atoms with Crippen LogP contribution in [0, 0.1) is 19.7 Å². The molecule has 0 spiro atoms. The number of pyridine rings is 1. The Balaban J connectivity index is 2.31. The number of hydrogen-bond acceptors (Lipinski definition) is 3. The first-order valence-electron chi connectivity index (χ1n) is 6.51. The molecule has 0 aliphatic heterocycles. The Hall–Kier alpha value is -1.75. The summed E-state index contributed by atoms with van der Waals surface area (Å²) in [6.07, 6.45) is 2.65. The number of aryl methyl sites for hydroxylation is 2. The fraction of sp³-hybridized carbons (Fsp3) is 0.429. The van der Waals surface area contributed by atoms with Gasteiger partial charge in [-0.25, -0.2) is 14.1 Å². The van der Waals surface area contributed by atoms with Gasteiger partial charge in [-0.15, -0.1) is 0 Å². The molecule has 0 atom stereocenters. The molecule has 102 valence electrons. The number of halogens is 1. The molecule has 0 radical (unpaired) electrons. The van der Waals surface area contributed by atoms with Crippen molar-refractivity contribution in [1.82, 2.24) is 20.1 Å². The van der Waals surface area contributed by atoms with E-state index in [0.717, 1.165) is 24.4 Å². The Bertz CT molecular complexity index is 563. The number of aromatic nitrogens is 3. The van der Waals surface area contributed by atoms with Crippen LogP contribution >= 0.6 is 0 Å². The summed E-state index contributed by atoms with van der Waals surface area (Å²) in [5, 5.41) is 7.47. The van der Waals surface area contributed by atoms with Gasteiger partial charge in [0.2, 0.25) is 0 Å². The lowest BCUT2D eigenvalue weighted by Gasteiger charge is -2.09. The molecular weight excluding hydrogens is 243 g/mol. The molecule has 1 N–H and O–H groups in total. The van der Waals surface area contributed by atoms with E-state index in [-0.39, 0.29) is 11.6 Å². The third kappa shape index (κ3) is 2.98. The molecule has 2 heterocycles. The summed E-state index contributed by atoms with van der Waals surface area (Å²) in [7, 11) is 0. The number of nitrogens with zero attached hydrogens (tertiary/aromatic N) is 3. The fourth-order valence-corrected chi connectivity index (χ4v) is 2.00. The highest BCUT2D eigenvalue weighted by Gasteiger charge is 2.13. The largest absolute Gasteiger partial charge is 0.313 e. The quantitative estimate of drug-likeness (QED) is 0.842. The van der Waals surface area contributed by atoms with Crippen LogP contribution in [0.25, 0.3) is 5.82 Å². The second-order valence-electron chi connectivity index (χ2n) is 4.62. The van der Waals surface area contributed by atoms with E-state index < -0.39 is 0 Å². The fourth-order valence-electron chi connectivity index (χ4n) is 2.00. The number of rotatable bonds is 5. The maximum atomic E-state index is 14.4. The maximum Gasteiger partial charge on any atom is 0.190 e. The van der Waals surface area contributed by atoms with Gasteiger partial charge >= 0.3 is 0 Å². The van der Waals surface area contributed by atoms with Crippen molar-refractivity contribution in [2.45, 2.75) is 33.7 Å². The molecule has 19 heavy (non-hydrogen) atoms. The predicted octanol–water partition coefficient (Wildman–Crippen LogP) is 2.52. The molecule has 0 saturated heterocycles. The van der Waals surface area contributed by atoms with Gasteiger partial charge in [-0.05, 0) is 38.9 Å². The van der Waals surface area contributed by atoms with Gasteiger partial charge in [-0.2, -0.15) is 5.10 Å². The first-order valence-corrected chi connectivity index (χ1v) is 6.51. The summed E-state index contributed by atoms with van der Waals surface area (Å²) in [6.45, 7) is 7.24. The predicted molar refractivity (Wildman–Crippen MR) is 72.8 cm³/mol. The second-order valence-corrected chi connectivity index (χ2v) is 4.62. The van der Waals surface area contributed by atoms with Crippen molar-refractivity contribution in [2.24, 2.45) is 0 Å². The average Bonchev–Trinajstić information content (AvgIpc) is 2.71. The monoisotopic (exact) mass is 262 g/mol. The van der Waals surface area contributed by atoms with E-state index in [0.29, 0.717) is 12.1 Å². The highest BCUT2D eigenvalue weighted by atomic mass is 19.1. The minimum absolute atomic E-state index is 0.265. The smallest absolute Gasteiger partial charge is 0.190 e. The number of hydrogen-bond donors (Lipinski definition) is 1. The Morgan fingerprint density at radius 3 is 2.79 bits per heavy atom. The molecule has 5 heteroatoms. The van der Waals surface area contributed by atoms with Gasteiger partial charge in [0.1, 0.15) is 0 Å². The van der Waals surface area contributed by atoms with Crippen molar-refractivity contribution in [3.63, 3.8) is 0 Å². The molecule has 0 aromatic carbocycles. The van der Waals surface area contributed by atoms with Crippen LogP contribution in [-0.2, 0) is 6.54 Å². The van der Waals surface area contributed by atoms with E-state index >= 15 is 0 Å². The molecule has 4 nitrogen and oxygen atoms in total. The minimum Gasteiger partial charge on any atom is -0.313 e. The Morgan fingerprint density at radius 1 is 1.37 bits per heavy atom. The van der Waals surface area contributed by atoms with E-state index in [9.17, 15) is 4.39 Å². The standard InChI is InChI=1S/C14H19FN4/c1-4-6-16-9-12-5-7-17-14(13(12)15)19-11(3)8-10(2)18-19/h5,7-8,16H,4,6,9H2,1-3H3. The lowest BCUT2D eigenvalue weighted by atomic mass is 10.2. The highest BCUT2D eigenvalue weighted by Crippen LogP contribution is 2.16. The van der Waals surface area contributed by atoms with Crippen molar-refractivity contribution >= 4 is 0 Å². The Morgan fingerprint density at radius 2 is 2.16 bits per heavy atom. The van der Waals surface area contributed by atoms with E-state index in [1.807, 2.05) is 19.9 Å². The Kier molecular flexibility index (Phi) is 4.27. The second kappa shape index (κ2) is 5.93. The summed E-state index contributed by atoms with van der Waals surface area (Å²) >= 11 is 0. The topological polar surface area (TPSA) is 42.7 Å². The van der Waals surface area contributed by atoms with Crippen LogP contribution in [0.4, 0.5) is 4.39 Å². The number of nitrogens with one attached hydrogen (secondary N) is 1. The zero-order valence-corrected chi connectivity index (χ0v) is 11.6. The minimum atomic E-state index is -0.308.